The fraction of sp³-hybridized carbons (Fsp3) is 0.786. The Morgan fingerprint density at radius 2 is 1.79 bits per heavy atom. The van der Waals surface area contributed by atoms with E-state index in [0.29, 0.717) is 29.6 Å². The van der Waals surface area contributed by atoms with Gasteiger partial charge in [0.25, 0.3) is 10.1 Å². The summed E-state index contributed by atoms with van der Waals surface area (Å²) in [5.74, 6) is 2.73. The Bertz CT molecular complexity index is 590. The average Bonchev–Trinajstić information content (AvgIpc) is 3.03. The van der Waals surface area contributed by atoms with Gasteiger partial charge in [-0.15, -0.1) is 0 Å². The van der Waals surface area contributed by atoms with Gasteiger partial charge in [0.1, 0.15) is 0 Å². The Morgan fingerprint density at radius 3 is 2.37 bits per heavy atom. The second-order valence-electron chi connectivity index (χ2n) is 6.59. The largest absolute Gasteiger partial charge is 0.265 e. The third-order valence-corrected chi connectivity index (χ3v) is 6.36. The molecule has 4 aliphatic rings. The van der Waals surface area contributed by atoms with Crippen molar-refractivity contribution in [3.8, 4) is 6.07 Å². The first kappa shape index (κ1) is 11.9. The summed E-state index contributed by atoms with van der Waals surface area (Å²) in [7, 11) is -3.48. The van der Waals surface area contributed by atoms with E-state index < -0.39 is 16.2 Å². The highest BCUT2D eigenvalue weighted by atomic mass is 32.2. The van der Waals surface area contributed by atoms with Gasteiger partial charge in [-0.05, 0) is 48.3 Å². The van der Waals surface area contributed by atoms with E-state index in [9.17, 15) is 13.7 Å². The zero-order valence-corrected chi connectivity index (χ0v) is 11.6. The van der Waals surface area contributed by atoms with Crippen molar-refractivity contribution in [3.63, 3.8) is 0 Å². The van der Waals surface area contributed by atoms with Crippen LogP contribution < -0.4 is 0 Å². The second-order valence-corrected chi connectivity index (χ2v) is 8.19. The summed E-state index contributed by atoms with van der Waals surface area (Å²) in [6, 6.07) is 2.33. The van der Waals surface area contributed by atoms with Crippen molar-refractivity contribution in [2.45, 2.75) is 18.9 Å². The molecule has 0 aromatic heterocycles. The minimum atomic E-state index is -3.48. The predicted octanol–water partition coefficient (Wildman–Crippen LogP) is 1.56. The summed E-state index contributed by atoms with van der Waals surface area (Å²) >= 11 is 0. The summed E-state index contributed by atoms with van der Waals surface area (Å²) in [6.45, 7) is 0. The van der Waals surface area contributed by atoms with Crippen molar-refractivity contribution in [1.82, 2.24) is 0 Å². The average molecular weight is 279 g/mol. The molecule has 0 spiro atoms. The minimum Gasteiger partial charge on any atom is -0.265 e. The molecule has 0 aliphatic heterocycles. The van der Waals surface area contributed by atoms with E-state index in [1.54, 1.807) is 0 Å². The quantitative estimate of drug-likeness (QED) is 0.437. The van der Waals surface area contributed by atoms with Crippen LogP contribution in [0.15, 0.2) is 12.2 Å². The van der Waals surface area contributed by atoms with Gasteiger partial charge < -0.3 is 0 Å². The lowest BCUT2D eigenvalue weighted by molar-refractivity contribution is 0.0430. The van der Waals surface area contributed by atoms with Crippen LogP contribution in [0.4, 0.5) is 0 Å². The molecular formula is C14H17NO3S. The molecule has 4 aliphatic carbocycles. The molecule has 0 radical (unpaired) electrons. The first-order chi connectivity index (χ1) is 8.99. The SMILES string of the molecule is CS(=O)(=O)OC1C(C#N)C2CC1C1C3C=CC(C3)C21. The van der Waals surface area contributed by atoms with Crippen LogP contribution in [0.1, 0.15) is 12.8 Å². The fourth-order valence-electron chi connectivity index (χ4n) is 5.48. The van der Waals surface area contributed by atoms with Gasteiger partial charge in [0.05, 0.1) is 24.3 Å². The van der Waals surface area contributed by atoms with Crippen molar-refractivity contribution in [1.29, 1.82) is 5.26 Å². The molecule has 4 rings (SSSR count). The Labute approximate surface area is 113 Å². The lowest BCUT2D eigenvalue weighted by atomic mass is 9.68. The van der Waals surface area contributed by atoms with E-state index in [4.69, 9.17) is 4.18 Å². The Morgan fingerprint density at radius 1 is 1.16 bits per heavy atom. The number of nitriles is 1. The van der Waals surface area contributed by atoms with Gasteiger partial charge in [-0.2, -0.15) is 13.7 Å². The lowest BCUT2D eigenvalue weighted by Crippen LogP contribution is -2.41. The van der Waals surface area contributed by atoms with Crippen LogP contribution in [0, 0.1) is 52.8 Å². The van der Waals surface area contributed by atoms with Crippen molar-refractivity contribution < 1.29 is 12.6 Å². The lowest BCUT2D eigenvalue weighted by Gasteiger charge is -2.38. The van der Waals surface area contributed by atoms with E-state index in [1.165, 1.54) is 6.42 Å². The molecule has 0 heterocycles. The fourth-order valence-corrected chi connectivity index (χ4v) is 6.15. The summed E-state index contributed by atoms with van der Waals surface area (Å²) < 4.78 is 28.1. The van der Waals surface area contributed by atoms with Gasteiger partial charge in [-0.25, -0.2) is 0 Å². The van der Waals surface area contributed by atoms with E-state index in [2.05, 4.69) is 18.2 Å². The monoisotopic (exact) mass is 279 g/mol. The highest BCUT2D eigenvalue weighted by Gasteiger charge is 2.65. The zero-order valence-electron chi connectivity index (χ0n) is 10.8. The van der Waals surface area contributed by atoms with Crippen molar-refractivity contribution in [2.24, 2.45) is 41.4 Å². The first-order valence-corrected chi connectivity index (χ1v) is 8.77. The minimum absolute atomic E-state index is 0.242. The standard InChI is InChI=1S/C14H17NO3S/c1-19(16,17)18-14-10-5-9(11(14)6-15)12-7-2-3-8(4-7)13(10)12/h2-3,7-14H,4-5H2,1H3. The molecule has 8 atom stereocenters. The van der Waals surface area contributed by atoms with Gasteiger partial charge in [-0.1, -0.05) is 12.2 Å². The number of nitrogens with zero attached hydrogens (tertiary/aromatic N) is 1. The number of rotatable bonds is 2. The van der Waals surface area contributed by atoms with Crippen LogP contribution in [0.25, 0.3) is 0 Å². The molecule has 3 fully saturated rings. The molecule has 5 heteroatoms. The summed E-state index contributed by atoms with van der Waals surface area (Å²) in [5, 5.41) is 9.40. The summed E-state index contributed by atoms with van der Waals surface area (Å²) in [5.41, 5.74) is 0. The van der Waals surface area contributed by atoms with Crippen LogP contribution in [0.2, 0.25) is 0 Å². The molecule has 4 bridgehead atoms. The molecule has 3 saturated carbocycles. The highest BCUT2D eigenvalue weighted by Crippen LogP contribution is 2.67. The number of allylic oxidation sites excluding steroid dienone is 2. The molecular weight excluding hydrogens is 262 g/mol. The molecule has 8 unspecified atom stereocenters. The van der Waals surface area contributed by atoms with Gasteiger partial charge in [0.2, 0.25) is 0 Å². The first-order valence-electron chi connectivity index (χ1n) is 6.96. The Kier molecular flexibility index (Phi) is 2.27. The number of hydrogen-bond acceptors (Lipinski definition) is 4. The third-order valence-electron chi connectivity index (χ3n) is 5.79. The van der Waals surface area contributed by atoms with Crippen molar-refractivity contribution >= 4 is 10.1 Å². The highest BCUT2D eigenvalue weighted by molar-refractivity contribution is 7.86. The molecule has 0 saturated heterocycles. The van der Waals surface area contributed by atoms with E-state index >= 15 is 0 Å². The summed E-state index contributed by atoms with van der Waals surface area (Å²) in [4.78, 5) is 0. The third kappa shape index (κ3) is 1.50. The molecule has 102 valence electrons. The van der Waals surface area contributed by atoms with Crippen molar-refractivity contribution in [3.05, 3.63) is 12.2 Å². The molecule has 0 amide bonds. The number of fused-ring (bicyclic) bond motifs is 9. The topological polar surface area (TPSA) is 67.2 Å². The molecule has 0 N–H and O–H groups in total. The maximum absolute atomic E-state index is 11.4. The maximum Gasteiger partial charge on any atom is 0.264 e. The summed E-state index contributed by atoms with van der Waals surface area (Å²) in [6.07, 6.45) is 7.47. The van der Waals surface area contributed by atoms with E-state index in [0.717, 1.165) is 12.7 Å². The predicted molar refractivity (Wildman–Crippen MR) is 68.1 cm³/mol. The van der Waals surface area contributed by atoms with Gasteiger partial charge in [0.15, 0.2) is 0 Å². The van der Waals surface area contributed by atoms with Crippen LogP contribution in [-0.2, 0) is 14.3 Å². The van der Waals surface area contributed by atoms with Gasteiger partial charge >= 0.3 is 0 Å². The van der Waals surface area contributed by atoms with Gasteiger partial charge in [-0.3, -0.25) is 4.18 Å². The molecule has 0 aromatic carbocycles. The normalized spacial score (nSPS) is 53.5. The maximum atomic E-state index is 11.4. The molecule has 4 nitrogen and oxygen atoms in total. The zero-order chi connectivity index (χ0) is 13.4. The van der Waals surface area contributed by atoms with Gasteiger partial charge in [0, 0.05) is 0 Å². The van der Waals surface area contributed by atoms with E-state index in [1.807, 2.05) is 0 Å². The smallest absolute Gasteiger partial charge is 0.264 e. The molecule has 0 aromatic rings. The number of hydrogen-bond donors (Lipinski definition) is 0. The van der Waals surface area contributed by atoms with Crippen LogP contribution in [0.5, 0.6) is 0 Å². The second kappa shape index (κ2) is 3.62. The van der Waals surface area contributed by atoms with Crippen molar-refractivity contribution in [2.75, 3.05) is 6.26 Å². The van der Waals surface area contributed by atoms with Crippen LogP contribution in [0.3, 0.4) is 0 Å². The van der Waals surface area contributed by atoms with Crippen LogP contribution >= 0.6 is 0 Å². The van der Waals surface area contributed by atoms with Crippen LogP contribution in [-0.4, -0.2) is 20.8 Å². The Hall–Kier alpha value is -0.860. The Balaban J connectivity index is 1.69. The van der Waals surface area contributed by atoms with E-state index in [-0.39, 0.29) is 11.8 Å². The molecule has 19 heavy (non-hydrogen) atoms.